The topological polar surface area (TPSA) is 133 Å². The maximum absolute atomic E-state index is 13.9. The lowest BCUT2D eigenvalue weighted by Crippen LogP contribution is -2.57. The Labute approximate surface area is 244 Å². The van der Waals surface area contributed by atoms with Gasteiger partial charge in [-0.15, -0.1) is 0 Å². The van der Waals surface area contributed by atoms with Gasteiger partial charge in [-0.2, -0.15) is 4.31 Å². The number of carbonyl (C=O) groups excluding carboxylic acids is 2. The van der Waals surface area contributed by atoms with Gasteiger partial charge in [0.1, 0.15) is 17.1 Å². The summed E-state index contributed by atoms with van der Waals surface area (Å²) in [6, 6.07) is 12.8. The molecule has 5 rings (SSSR count). The van der Waals surface area contributed by atoms with Crippen molar-refractivity contribution in [3.8, 4) is 0 Å². The van der Waals surface area contributed by atoms with Gasteiger partial charge in [-0.05, 0) is 55.9 Å². The number of benzene rings is 2. The van der Waals surface area contributed by atoms with E-state index in [-0.39, 0.29) is 60.9 Å². The highest BCUT2D eigenvalue weighted by Crippen LogP contribution is 2.41. The average Bonchev–Trinajstić information content (AvgIpc) is 3.23. The van der Waals surface area contributed by atoms with E-state index in [2.05, 4.69) is 5.32 Å². The zero-order valence-electron chi connectivity index (χ0n) is 22.7. The standard InChI is InChI=1S/C28H34ClN5O6S/c29-24-12-11-23(17-25(24)34(37)38)41(39,40)32-15-13-28(14-16-32)27(36)31(20-33(28)22-9-5-2-6-10-22)19-26(35)30-18-21-7-3-1-4-8-21/h2,5-6,9-12,17,21H,1,3-4,7-8,13-16,18-20H2,(H,30,35). The number of amides is 2. The smallest absolute Gasteiger partial charge is 0.289 e. The molecule has 1 aliphatic carbocycles. The van der Waals surface area contributed by atoms with Crippen molar-refractivity contribution in [2.24, 2.45) is 5.92 Å². The van der Waals surface area contributed by atoms with E-state index in [4.69, 9.17) is 11.6 Å². The van der Waals surface area contributed by atoms with Crippen molar-refractivity contribution in [3.63, 3.8) is 0 Å². The summed E-state index contributed by atoms with van der Waals surface area (Å²) in [7, 11) is -4.07. The molecule has 1 saturated carbocycles. The molecule has 0 unspecified atom stereocenters. The van der Waals surface area contributed by atoms with Crippen molar-refractivity contribution in [3.05, 3.63) is 63.7 Å². The molecule has 2 aromatic carbocycles. The lowest BCUT2D eigenvalue weighted by Gasteiger charge is -2.42. The van der Waals surface area contributed by atoms with Gasteiger partial charge in [0, 0.05) is 31.4 Å². The lowest BCUT2D eigenvalue weighted by atomic mass is 9.86. The molecule has 1 spiro atoms. The van der Waals surface area contributed by atoms with Crippen LogP contribution in [0.25, 0.3) is 0 Å². The molecular weight excluding hydrogens is 570 g/mol. The quantitative estimate of drug-likeness (QED) is 0.359. The Kier molecular flexibility index (Phi) is 8.53. The monoisotopic (exact) mass is 603 g/mol. The van der Waals surface area contributed by atoms with Crippen LogP contribution in [0, 0.1) is 16.0 Å². The minimum Gasteiger partial charge on any atom is -0.354 e. The second-order valence-corrected chi connectivity index (χ2v) is 13.4. The molecule has 0 atom stereocenters. The second kappa shape index (κ2) is 11.9. The van der Waals surface area contributed by atoms with Crippen molar-refractivity contribution < 1.29 is 22.9 Å². The fraction of sp³-hybridized carbons (Fsp3) is 0.500. The Balaban J connectivity index is 1.32. The van der Waals surface area contributed by atoms with Crippen LogP contribution in [0.15, 0.2) is 53.4 Å². The van der Waals surface area contributed by atoms with Crippen LogP contribution in [0.3, 0.4) is 0 Å². The van der Waals surface area contributed by atoms with Gasteiger partial charge in [-0.1, -0.05) is 49.1 Å². The summed E-state index contributed by atoms with van der Waals surface area (Å²) in [6.07, 6.45) is 6.23. The number of carbonyl (C=O) groups is 2. The molecule has 2 heterocycles. The number of hydrogen-bond donors (Lipinski definition) is 1. The van der Waals surface area contributed by atoms with Crippen LogP contribution < -0.4 is 10.2 Å². The van der Waals surface area contributed by atoms with Crippen LogP contribution in [0.1, 0.15) is 44.9 Å². The maximum atomic E-state index is 13.9. The Morgan fingerprint density at radius 3 is 2.41 bits per heavy atom. The summed E-state index contributed by atoms with van der Waals surface area (Å²) in [5.74, 6) is 0.0779. The normalized spacial score (nSPS) is 20.0. The van der Waals surface area contributed by atoms with E-state index in [0.29, 0.717) is 12.5 Å². The van der Waals surface area contributed by atoms with E-state index in [0.717, 1.165) is 24.6 Å². The minimum atomic E-state index is -4.07. The van der Waals surface area contributed by atoms with Gasteiger partial charge in [-0.3, -0.25) is 19.7 Å². The fourth-order valence-electron chi connectivity index (χ4n) is 6.24. The summed E-state index contributed by atoms with van der Waals surface area (Å²) in [5.41, 5.74) is -0.682. The van der Waals surface area contributed by atoms with Crippen LogP contribution in [-0.4, -0.2) is 72.7 Å². The molecule has 2 saturated heterocycles. The van der Waals surface area contributed by atoms with Crippen LogP contribution in [0.4, 0.5) is 11.4 Å². The molecule has 220 valence electrons. The highest BCUT2D eigenvalue weighted by molar-refractivity contribution is 7.89. The van der Waals surface area contributed by atoms with Crippen molar-refractivity contribution in [1.29, 1.82) is 0 Å². The summed E-state index contributed by atoms with van der Waals surface area (Å²) < 4.78 is 28.1. The van der Waals surface area contributed by atoms with Crippen molar-refractivity contribution in [1.82, 2.24) is 14.5 Å². The van der Waals surface area contributed by atoms with E-state index in [1.165, 1.54) is 35.7 Å². The Morgan fingerprint density at radius 2 is 1.76 bits per heavy atom. The van der Waals surface area contributed by atoms with Gasteiger partial charge in [-0.25, -0.2) is 8.42 Å². The first kappa shape index (κ1) is 29.3. The highest BCUT2D eigenvalue weighted by atomic mass is 35.5. The Morgan fingerprint density at radius 1 is 1.07 bits per heavy atom. The van der Waals surface area contributed by atoms with Gasteiger partial charge < -0.3 is 15.1 Å². The van der Waals surface area contributed by atoms with Crippen LogP contribution in [-0.2, 0) is 19.6 Å². The van der Waals surface area contributed by atoms with E-state index >= 15 is 0 Å². The summed E-state index contributed by atoms with van der Waals surface area (Å²) >= 11 is 5.88. The number of piperidine rings is 1. The maximum Gasteiger partial charge on any atom is 0.289 e. The first-order valence-electron chi connectivity index (χ1n) is 13.9. The molecule has 2 aliphatic heterocycles. The predicted molar refractivity (Wildman–Crippen MR) is 154 cm³/mol. The number of nitro groups is 1. The van der Waals surface area contributed by atoms with Crippen molar-refractivity contribution in [2.75, 3.05) is 37.7 Å². The van der Waals surface area contributed by atoms with Crippen LogP contribution >= 0.6 is 11.6 Å². The summed E-state index contributed by atoms with van der Waals surface area (Å²) in [4.78, 5) is 40.7. The van der Waals surface area contributed by atoms with E-state index in [1.54, 1.807) is 4.90 Å². The number of nitrogens with one attached hydrogen (secondary N) is 1. The van der Waals surface area contributed by atoms with Gasteiger partial charge >= 0.3 is 0 Å². The first-order chi connectivity index (χ1) is 19.6. The van der Waals surface area contributed by atoms with Gasteiger partial charge in [0.2, 0.25) is 21.8 Å². The highest BCUT2D eigenvalue weighted by Gasteiger charge is 2.55. The van der Waals surface area contributed by atoms with Gasteiger partial charge in [0.05, 0.1) is 16.5 Å². The molecule has 3 fully saturated rings. The number of halogens is 1. The number of hydrogen-bond acceptors (Lipinski definition) is 7. The number of nitrogens with zero attached hydrogens (tertiary/aromatic N) is 4. The molecule has 3 aliphatic rings. The molecule has 2 aromatic rings. The SMILES string of the molecule is O=C(CN1CN(c2ccccc2)C2(CCN(S(=O)(=O)c3ccc(Cl)c([N+](=O)[O-])c3)CC2)C1=O)NCC1CCCCC1. The molecule has 0 aromatic heterocycles. The third-order valence-electron chi connectivity index (χ3n) is 8.53. The zero-order chi connectivity index (χ0) is 29.2. The molecule has 41 heavy (non-hydrogen) atoms. The number of nitro benzene ring substituents is 1. The van der Waals surface area contributed by atoms with Gasteiger partial charge in [0.15, 0.2) is 0 Å². The molecular formula is C28H34ClN5O6S. The molecule has 11 nitrogen and oxygen atoms in total. The van der Waals surface area contributed by atoms with Gasteiger partial charge in [0.25, 0.3) is 5.69 Å². The number of sulfonamides is 1. The first-order valence-corrected chi connectivity index (χ1v) is 15.8. The number of para-hydroxylation sites is 1. The number of rotatable bonds is 8. The molecule has 0 bridgehead atoms. The third kappa shape index (κ3) is 5.91. The minimum absolute atomic E-state index is 0.0372. The van der Waals surface area contributed by atoms with Crippen LogP contribution in [0.5, 0.6) is 0 Å². The second-order valence-electron chi connectivity index (χ2n) is 11.0. The number of anilines is 1. The van der Waals surface area contributed by atoms with E-state index in [1.807, 2.05) is 35.2 Å². The van der Waals surface area contributed by atoms with Crippen molar-refractivity contribution >= 4 is 44.8 Å². The summed E-state index contributed by atoms with van der Waals surface area (Å²) in [5, 5.41) is 14.2. The lowest BCUT2D eigenvalue weighted by molar-refractivity contribution is -0.384. The summed E-state index contributed by atoms with van der Waals surface area (Å²) in [6.45, 7) is 0.845. The average molecular weight is 604 g/mol. The van der Waals surface area contributed by atoms with E-state index < -0.39 is 26.2 Å². The Hall–Kier alpha value is -3.22. The predicted octanol–water partition coefficient (Wildman–Crippen LogP) is 3.77. The molecule has 1 N–H and O–H groups in total. The van der Waals surface area contributed by atoms with E-state index in [9.17, 15) is 28.1 Å². The largest absolute Gasteiger partial charge is 0.354 e. The zero-order valence-corrected chi connectivity index (χ0v) is 24.3. The fourth-order valence-corrected chi connectivity index (χ4v) is 7.89. The molecule has 0 radical (unpaired) electrons. The Bertz CT molecular complexity index is 1410. The molecule has 2 amide bonds. The van der Waals surface area contributed by atoms with Crippen LogP contribution in [0.2, 0.25) is 5.02 Å². The molecule has 13 heteroatoms. The van der Waals surface area contributed by atoms with Crippen molar-refractivity contribution in [2.45, 2.75) is 55.4 Å². The third-order valence-corrected chi connectivity index (χ3v) is 10.7.